The molecule has 62 valence electrons. The highest BCUT2D eigenvalue weighted by molar-refractivity contribution is 7.83. The van der Waals surface area contributed by atoms with Gasteiger partial charge in [0.05, 0.1) is 6.61 Å². The lowest BCUT2D eigenvalue weighted by Crippen LogP contribution is -1.95. The second-order valence-corrected chi connectivity index (χ2v) is 3.15. The van der Waals surface area contributed by atoms with E-state index in [1.807, 2.05) is 0 Å². The van der Waals surface area contributed by atoms with Crippen molar-refractivity contribution in [2.75, 3.05) is 19.1 Å². The fraction of sp³-hybridized carbons (Fsp3) is 0.833. The first-order valence-electron chi connectivity index (χ1n) is 2.89. The first kappa shape index (κ1) is 12.3. The van der Waals surface area contributed by atoms with Gasteiger partial charge in [-0.15, -0.1) is 0 Å². The fourth-order valence-electron chi connectivity index (χ4n) is 0.203. The van der Waals surface area contributed by atoms with Crippen LogP contribution in [-0.2, 0) is 20.3 Å². The summed E-state index contributed by atoms with van der Waals surface area (Å²) in [4.78, 5) is 9.82. The summed E-state index contributed by atoms with van der Waals surface area (Å²) in [5.41, 5.74) is 0. The molecule has 0 aliphatic carbocycles. The molecule has 0 aromatic carbocycles. The zero-order chi connectivity index (χ0) is 8.57. The normalized spacial score (nSPS) is 8.10. The Morgan fingerprint density at radius 1 is 1.50 bits per heavy atom. The Bertz CT molecular complexity index is 108. The van der Waals surface area contributed by atoms with Gasteiger partial charge in [0, 0.05) is 30.2 Å². The van der Waals surface area contributed by atoms with Crippen molar-refractivity contribution in [3.8, 4) is 0 Å². The molecule has 0 aliphatic rings. The van der Waals surface area contributed by atoms with Crippen LogP contribution in [0, 0.1) is 0 Å². The third-order valence-electron chi connectivity index (χ3n) is 0.348. The van der Waals surface area contributed by atoms with E-state index < -0.39 is 10.8 Å². The first-order valence-corrected chi connectivity index (χ1v) is 4.85. The summed E-state index contributed by atoms with van der Waals surface area (Å²) in [5, 5.41) is 0. The average Bonchev–Trinajstić information content (AvgIpc) is 1.62. The standard InChI is InChI=1S/C4H8O2.C2H6OS/c1-3-6-4(2)5;1-4(2)3/h3H2,1-2H3;1-2H3. The van der Waals surface area contributed by atoms with Gasteiger partial charge in [0.15, 0.2) is 0 Å². The van der Waals surface area contributed by atoms with Gasteiger partial charge in [-0.25, -0.2) is 0 Å². The highest BCUT2D eigenvalue weighted by atomic mass is 32.2. The fourth-order valence-corrected chi connectivity index (χ4v) is 0.203. The van der Waals surface area contributed by atoms with E-state index in [4.69, 9.17) is 0 Å². The highest BCUT2D eigenvalue weighted by Crippen LogP contribution is 1.69. The Morgan fingerprint density at radius 2 is 1.80 bits per heavy atom. The van der Waals surface area contributed by atoms with Crippen molar-refractivity contribution in [3.63, 3.8) is 0 Å². The van der Waals surface area contributed by atoms with Crippen molar-refractivity contribution >= 4 is 16.8 Å². The predicted octanol–water partition coefficient (Wildman–Crippen LogP) is 0.564. The molecule has 0 N–H and O–H groups in total. The molecule has 0 bridgehead atoms. The van der Waals surface area contributed by atoms with E-state index in [2.05, 4.69) is 4.74 Å². The Balaban J connectivity index is 0. The lowest BCUT2D eigenvalue weighted by molar-refractivity contribution is -0.140. The van der Waals surface area contributed by atoms with E-state index in [0.717, 1.165) is 0 Å². The molecule has 0 aliphatic heterocycles. The molecule has 0 saturated heterocycles. The summed E-state index contributed by atoms with van der Waals surface area (Å²) >= 11 is 0. The SMILES string of the molecule is CCOC(C)=O.CS(C)=O. The maximum atomic E-state index is 9.82. The van der Waals surface area contributed by atoms with Gasteiger partial charge in [-0.2, -0.15) is 0 Å². The zero-order valence-corrected chi connectivity index (χ0v) is 7.66. The molecule has 4 heteroatoms. The van der Waals surface area contributed by atoms with Gasteiger partial charge >= 0.3 is 5.97 Å². The summed E-state index contributed by atoms with van der Waals surface area (Å²) < 4.78 is 14.0. The van der Waals surface area contributed by atoms with Crippen molar-refractivity contribution in [2.45, 2.75) is 13.8 Å². The highest BCUT2D eigenvalue weighted by Gasteiger charge is 1.81. The summed E-state index contributed by atoms with van der Waals surface area (Å²) in [6, 6.07) is 0. The van der Waals surface area contributed by atoms with Crippen LogP contribution in [0.25, 0.3) is 0 Å². The summed E-state index contributed by atoms with van der Waals surface area (Å²) in [6.45, 7) is 3.65. The molecule has 0 aromatic rings. The topological polar surface area (TPSA) is 43.4 Å². The second-order valence-electron chi connectivity index (χ2n) is 1.67. The van der Waals surface area contributed by atoms with E-state index in [-0.39, 0.29) is 5.97 Å². The molecule has 0 unspecified atom stereocenters. The molecule has 0 spiro atoms. The van der Waals surface area contributed by atoms with Gasteiger partial charge < -0.3 is 4.74 Å². The average molecular weight is 166 g/mol. The van der Waals surface area contributed by atoms with Gasteiger partial charge in [0.2, 0.25) is 0 Å². The Labute approximate surface area is 64.2 Å². The lowest BCUT2D eigenvalue weighted by atomic mass is 10.8. The third kappa shape index (κ3) is 48.6. The predicted molar refractivity (Wildman–Crippen MR) is 42.3 cm³/mol. The van der Waals surface area contributed by atoms with Crippen LogP contribution in [0.2, 0.25) is 0 Å². The number of hydrogen-bond donors (Lipinski definition) is 0. The minimum absolute atomic E-state index is 0.211. The van der Waals surface area contributed by atoms with E-state index >= 15 is 0 Å². The van der Waals surface area contributed by atoms with Gasteiger partial charge in [0.1, 0.15) is 0 Å². The molecular weight excluding hydrogens is 152 g/mol. The Hall–Kier alpha value is -0.380. The Kier molecular flexibility index (Phi) is 10.6. The van der Waals surface area contributed by atoms with Crippen LogP contribution in [0.4, 0.5) is 0 Å². The van der Waals surface area contributed by atoms with Gasteiger partial charge in [-0.1, -0.05) is 0 Å². The molecule has 0 fully saturated rings. The number of ether oxygens (including phenoxy) is 1. The molecular formula is C6H14O3S. The molecule has 0 aromatic heterocycles. The molecule has 0 rings (SSSR count). The number of rotatable bonds is 1. The summed E-state index contributed by atoms with van der Waals surface area (Å²) in [6.07, 6.45) is 3.28. The van der Waals surface area contributed by atoms with E-state index in [1.165, 1.54) is 6.92 Å². The molecule has 3 nitrogen and oxygen atoms in total. The third-order valence-corrected chi connectivity index (χ3v) is 0.348. The van der Waals surface area contributed by atoms with Crippen LogP contribution in [-0.4, -0.2) is 29.3 Å². The van der Waals surface area contributed by atoms with Crippen molar-refractivity contribution in [2.24, 2.45) is 0 Å². The van der Waals surface area contributed by atoms with Gasteiger partial charge in [-0.05, 0) is 6.92 Å². The van der Waals surface area contributed by atoms with Crippen molar-refractivity contribution in [3.05, 3.63) is 0 Å². The van der Waals surface area contributed by atoms with Crippen LogP contribution in [0.1, 0.15) is 13.8 Å². The largest absolute Gasteiger partial charge is 0.466 e. The number of carbonyl (C=O) groups excluding carboxylic acids is 1. The van der Waals surface area contributed by atoms with E-state index in [1.54, 1.807) is 19.4 Å². The number of carbonyl (C=O) groups is 1. The molecule has 0 radical (unpaired) electrons. The number of esters is 1. The molecule has 0 saturated carbocycles. The van der Waals surface area contributed by atoms with Crippen LogP contribution in [0.15, 0.2) is 0 Å². The quantitative estimate of drug-likeness (QED) is 0.535. The Morgan fingerprint density at radius 3 is 1.80 bits per heavy atom. The molecule has 0 atom stereocenters. The summed E-state index contributed by atoms with van der Waals surface area (Å²) in [7, 11) is -0.611. The maximum absolute atomic E-state index is 9.82. The monoisotopic (exact) mass is 166 g/mol. The van der Waals surface area contributed by atoms with Crippen molar-refractivity contribution < 1.29 is 13.7 Å². The smallest absolute Gasteiger partial charge is 0.302 e. The van der Waals surface area contributed by atoms with Crippen LogP contribution in [0.5, 0.6) is 0 Å². The minimum Gasteiger partial charge on any atom is -0.466 e. The van der Waals surface area contributed by atoms with Crippen LogP contribution >= 0.6 is 0 Å². The molecule has 10 heavy (non-hydrogen) atoms. The van der Waals surface area contributed by atoms with Crippen molar-refractivity contribution in [1.29, 1.82) is 0 Å². The lowest BCUT2D eigenvalue weighted by Gasteiger charge is -1.89. The van der Waals surface area contributed by atoms with E-state index in [0.29, 0.717) is 6.61 Å². The van der Waals surface area contributed by atoms with E-state index in [9.17, 15) is 9.00 Å². The maximum Gasteiger partial charge on any atom is 0.302 e. The summed E-state index contributed by atoms with van der Waals surface area (Å²) in [5.74, 6) is -0.211. The van der Waals surface area contributed by atoms with Gasteiger partial charge in [0.25, 0.3) is 0 Å². The molecule has 0 heterocycles. The molecule has 0 amide bonds. The van der Waals surface area contributed by atoms with Crippen molar-refractivity contribution in [1.82, 2.24) is 0 Å². The zero-order valence-electron chi connectivity index (χ0n) is 6.84. The number of hydrogen-bond acceptors (Lipinski definition) is 3. The first-order chi connectivity index (χ1) is 4.50. The second kappa shape index (κ2) is 8.62. The minimum atomic E-state index is -0.611. The van der Waals surface area contributed by atoms with Crippen LogP contribution in [0.3, 0.4) is 0 Å². The van der Waals surface area contributed by atoms with Gasteiger partial charge in [-0.3, -0.25) is 9.00 Å². The van der Waals surface area contributed by atoms with Crippen LogP contribution < -0.4 is 0 Å².